The van der Waals surface area contributed by atoms with Crippen LogP contribution in [-0.2, 0) is 14.3 Å². The van der Waals surface area contributed by atoms with Gasteiger partial charge in [0, 0.05) is 0 Å². The summed E-state index contributed by atoms with van der Waals surface area (Å²) >= 11 is 3.06. The van der Waals surface area contributed by atoms with Crippen molar-refractivity contribution < 1.29 is 14.3 Å². The fraction of sp³-hybridized carbons (Fsp3) is 0.333. The average molecular weight is 258 g/mol. The standard InChI is InChI=1S/C9H8BrNO3/c10-4-7(13)9-11-6-2-1-5(12)3-8(6)14-9/h1-2,9,11H,3-4H2. The third-order valence-electron chi connectivity index (χ3n) is 2.04. The molecule has 0 radical (unpaired) electrons. The van der Waals surface area contributed by atoms with Crippen LogP contribution in [0.15, 0.2) is 23.6 Å². The molecule has 1 unspecified atom stereocenters. The van der Waals surface area contributed by atoms with E-state index in [2.05, 4.69) is 21.2 Å². The molecule has 4 nitrogen and oxygen atoms in total. The highest BCUT2D eigenvalue weighted by Crippen LogP contribution is 2.24. The molecule has 0 fully saturated rings. The van der Waals surface area contributed by atoms with Gasteiger partial charge in [-0.15, -0.1) is 0 Å². The summed E-state index contributed by atoms with van der Waals surface area (Å²) < 4.78 is 5.31. The molecule has 0 bridgehead atoms. The number of hydrogen-bond acceptors (Lipinski definition) is 4. The predicted octanol–water partition coefficient (Wildman–Crippen LogP) is 0.637. The molecule has 14 heavy (non-hydrogen) atoms. The van der Waals surface area contributed by atoms with E-state index in [0.717, 1.165) is 5.70 Å². The monoisotopic (exact) mass is 257 g/mol. The average Bonchev–Trinajstić information content (AvgIpc) is 2.59. The smallest absolute Gasteiger partial charge is 0.230 e. The number of carbonyl (C=O) groups excluding carboxylic acids is 2. The van der Waals surface area contributed by atoms with Crippen molar-refractivity contribution in [1.82, 2.24) is 5.32 Å². The minimum atomic E-state index is -0.644. The Bertz CT molecular complexity index is 359. The number of carbonyl (C=O) groups is 2. The Morgan fingerprint density at radius 1 is 1.64 bits per heavy atom. The Morgan fingerprint density at radius 2 is 2.43 bits per heavy atom. The predicted molar refractivity (Wildman–Crippen MR) is 52.6 cm³/mol. The molecular weight excluding hydrogens is 250 g/mol. The Kier molecular flexibility index (Phi) is 2.41. The maximum absolute atomic E-state index is 11.3. The molecule has 0 aromatic heterocycles. The van der Waals surface area contributed by atoms with Gasteiger partial charge in [-0.25, -0.2) is 0 Å². The Hall–Kier alpha value is -1.10. The molecule has 1 heterocycles. The van der Waals surface area contributed by atoms with Gasteiger partial charge in [-0.05, 0) is 12.2 Å². The van der Waals surface area contributed by atoms with Gasteiger partial charge in [0.2, 0.25) is 12.0 Å². The molecule has 0 aromatic carbocycles. The summed E-state index contributed by atoms with van der Waals surface area (Å²) in [6, 6.07) is 0. The lowest BCUT2D eigenvalue weighted by molar-refractivity contribution is -0.126. The fourth-order valence-electron chi connectivity index (χ4n) is 1.34. The molecule has 0 aromatic rings. The number of nitrogens with one attached hydrogen (secondary N) is 1. The van der Waals surface area contributed by atoms with Gasteiger partial charge >= 0.3 is 0 Å². The molecule has 1 atom stereocenters. The summed E-state index contributed by atoms with van der Waals surface area (Å²) in [5.41, 5.74) is 0.740. The zero-order valence-corrected chi connectivity index (χ0v) is 8.83. The van der Waals surface area contributed by atoms with Crippen LogP contribution in [0.1, 0.15) is 6.42 Å². The second kappa shape index (κ2) is 3.57. The molecule has 2 aliphatic rings. The molecular formula is C9H8BrNO3. The Labute approximate surface area is 89.1 Å². The summed E-state index contributed by atoms with van der Waals surface area (Å²) in [6.07, 6.45) is 2.72. The zero-order chi connectivity index (χ0) is 10.1. The van der Waals surface area contributed by atoms with Gasteiger partial charge in [0.05, 0.1) is 17.4 Å². The minimum absolute atomic E-state index is 0.00232. The third kappa shape index (κ3) is 1.59. The van der Waals surface area contributed by atoms with E-state index in [1.807, 2.05) is 0 Å². The van der Waals surface area contributed by atoms with Crippen molar-refractivity contribution in [2.45, 2.75) is 12.6 Å². The molecule has 2 rings (SSSR count). The number of rotatable bonds is 2. The van der Waals surface area contributed by atoms with Crippen molar-refractivity contribution in [3.8, 4) is 0 Å². The zero-order valence-electron chi connectivity index (χ0n) is 7.25. The van der Waals surface area contributed by atoms with E-state index in [1.165, 1.54) is 6.08 Å². The van der Waals surface area contributed by atoms with Gasteiger partial charge in [-0.1, -0.05) is 15.9 Å². The van der Waals surface area contributed by atoms with E-state index in [9.17, 15) is 9.59 Å². The number of ketones is 2. The Balaban J connectivity index is 2.09. The van der Waals surface area contributed by atoms with Gasteiger partial charge in [0.25, 0.3) is 0 Å². The largest absolute Gasteiger partial charge is 0.465 e. The molecule has 1 aliphatic carbocycles. The van der Waals surface area contributed by atoms with Crippen molar-refractivity contribution >= 4 is 27.5 Å². The lowest BCUT2D eigenvalue weighted by atomic mass is 10.1. The van der Waals surface area contributed by atoms with Crippen LogP contribution in [0.2, 0.25) is 0 Å². The first-order valence-electron chi connectivity index (χ1n) is 4.16. The van der Waals surface area contributed by atoms with Crippen molar-refractivity contribution in [2.75, 3.05) is 5.33 Å². The van der Waals surface area contributed by atoms with E-state index >= 15 is 0 Å². The van der Waals surface area contributed by atoms with E-state index in [4.69, 9.17) is 4.74 Å². The van der Waals surface area contributed by atoms with Crippen LogP contribution >= 0.6 is 15.9 Å². The van der Waals surface area contributed by atoms with Gasteiger partial charge < -0.3 is 10.1 Å². The summed E-state index contributed by atoms with van der Waals surface area (Å²) in [6.45, 7) is 0. The van der Waals surface area contributed by atoms with Crippen LogP contribution in [0.3, 0.4) is 0 Å². The van der Waals surface area contributed by atoms with Crippen LogP contribution in [0.4, 0.5) is 0 Å². The lowest BCUT2D eigenvalue weighted by Crippen LogP contribution is -2.33. The SMILES string of the molecule is O=C1C=CC2=C(C1)OC(C(=O)CBr)N2. The second-order valence-corrected chi connectivity index (χ2v) is 3.62. The van der Waals surface area contributed by atoms with E-state index in [0.29, 0.717) is 5.76 Å². The van der Waals surface area contributed by atoms with Crippen LogP contribution in [0.25, 0.3) is 0 Å². The quantitative estimate of drug-likeness (QED) is 0.738. The first kappa shape index (κ1) is 9.45. The van der Waals surface area contributed by atoms with Gasteiger partial charge in [0.15, 0.2) is 5.78 Å². The highest BCUT2D eigenvalue weighted by atomic mass is 79.9. The molecule has 0 amide bonds. The molecule has 0 saturated carbocycles. The summed E-state index contributed by atoms with van der Waals surface area (Å²) in [5.74, 6) is 0.481. The van der Waals surface area contributed by atoms with Gasteiger partial charge in [-0.3, -0.25) is 9.59 Å². The van der Waals surface area contributed by atoms with Crippen molar-refractivity contribution in [2.24, 2.45) is 0 Å². The van der Waals surface area contributed by atoms with E-state index < -0.39 is 6.23 Å². The molecule has 0 saturated heterocycles. The van der Waals surface area contributed by atoms with Gasteiger partial charge in [-0.2, -0.15) is 0 Å². The Morgan fingerprint density at radius 3 is 3.14 bits per heavy atom. The first-order chi connectivity index (χ1) is 6.70. The van der Waals surface area contributed by atoms with Crippen LogP contribution < -0.4 is 5.32 Å². The minimum Gasteiger partial charge on any atom is -0.465 e. The molecule has 1 aliphatic heterocycles. The lowest BCUT2D eigenvalue weighted by Gasteiger charge is -2.09. The maximum atomic E-state index is 11.3. The third-order valence-corrected chi connectivity index (χ3v) is 2.59. The fourth-order valence-corrected chi connectivity index (χ4v) is 1.64. The number of halogens is 1. The maximum Gasteiger partial charge on any atom is 0.230 e. The topological polar surface area (TPSA) is 55.4 Å². The summed E-state index contributed by atoms with van der Waals surface area (Å²) in [5, 5.41) is 3.14. The normalized spacial score (nSPS) is 24.4. The van der Waals surface area contributed by atoms with Gasteiger partial charge in [0.1, 0.15) is 5.76 Å². The summed E-state index contributed by atoms with van der Waals surface area (Å²) in [7, 11) is 0. The van der Waals surface area contributed by atoms with Crippen molar-refractivity contribution in [3.05, 3.63) is 23.6 Å². The number of ether oxygens (including phenoxy) is 1. The van der Waals surface area contributed by atoms with Crippen molar-refractivity contribution in [1.29, 1.82) is 0 Å². The van der Waals surface area contributed by atoms with Crippen LogP contribution in [0, 0.1) is 0 Å². The van der Waals surface area contributed by atoms with Crippen LogP contribution in [0.5, 0.6) is 0 Å². The molecule has 0 spiro atoms. The summed E-state index contributed by atoms with van der Waals surface area (Å²) in [4.78, 5) is 22.3. The number of allylic oxidation sites excluding steroid dienone is 3. The van der Waals surface area contributed by atoms with E-state index in [1.54, 1.807) is 6.08 Å². The molecule has 1 N–H and O–H groups in total. The number of hydrogen-bond donors (Lipinski definition) is 1. The van der Waals surface area contributed by atoms with Crippen molar-refractivity contribution in [3.63, 3.8) is 0 Å². The second-order valence-electron chi connectivity index (χ2n) is 3.06. The van der Waals surface area contributed by atoms with E-state index in [-0.39, 0.29) is 23.3 Å². The first-order valence-corrected chi connectivity index (χ1v) is 5.29. The number of Topliss-reactive ketones (excluding diaryl/α,β-unsaturated/α-hetero) is 1. The highest BCUT2D eigenvalue weighted by molar-refractivity contribution is 9.09. The molecule has 74 valence electrons. The van der Waals surface area contributed by atoms with Crippen LogP contribution in [-0.4, -0.2) is 23.1 Å². The molecule has 5 heteroatoms. The highest BCUT2D eigenvalue weighted by Gasteiger charge is 2.30. The number of alkyl halides is 1.